The molecule has 2 rings (SSSR count). The highest BCUT2D eigenvalue weighted by Crippen LogP contribution is 2.15. The van der Waals surface area contributed by atoms with E-state index < -0.39 is 17.0 Å². The number of nitrogens with zero attached hydrogens (tertiary/aromatic N) is 4. The van der Waals surface area contributed by atoms with E-state index >= 15 is 0 Å². The highest BCUT2D eigenvalue weighted by atomic mass is 32.2. The van der Waals surface area contributed by atoms with Crippen LogP contribution in [0.3, 0.4) is 0 Å². The number of hydrogen-bond acceptors (Lipinski definition) is 8. The SMILES string of the molecule is O=S(=O)(CCB(O)O)c1ccc(-c2nn[nH]n2)nc1. The molecule has 100 valence electrons. The molecule has 2 aromatic rings. The quantitative estimate of drug-likeness (QED) is 0.563. The maximum Gasteiger partial charge on any atom is 0.452 e. The van der Waals surface area contributed by atoms with E-state index in [0.717, 1.165) is 0 Å². The molecule has 3 N–H and O–H groups in total. The lowest BCUT2D eigenvalue weighted by Crippen LogP contribution is -2.17. The van der Waals surface area contributed by atoms with Crippen LogP contribution >= 0.6 is 0 Å². The van der Waals surface area contributed by atoms with Gasteiger partial charge in [0.2, 0.25) is 5.82 Å². The lowest BCUT2D eigenvalue weighted by atomic mass is 9.88. The number of pyridine rings is 1. The number of aromatic amines is 1. The molecule has 0 aliphatic heterocycles. The van der Waals surface area contributed by atoms with Gasteiger partial charge in [-0.25, -0.2) is 8.42 Å². The van der Waals surface area contributed by atoms with Gasteiger partial charge in [0.1, 0.15) is 5.69 Å². The van der Waals surface area contributed by atoms with Crippen LogP contribution in [0.25, 0.3) is 11.5 Å². The zero-order valence-electron chi connectivity index (χ0n) is 9.63. The summed E-state index contributed by atoms with van der Waals surface area (Å²) in [6.07, 6.45) is 0.916. The fourth-order valence-electron chi connectivity index (χ4n) is 1.35. The van der Waals surface area contributed by atoms with Crippen LogP contribution in [0.15, 0.2) is 23.2 Å². The third-order valence-corrected chi connectivity index (χ3v) is 4.05. The molecule has 0 spiro atoms. The van der Waals surface area contributed by atoms with Gasteiger partial charge < -0.3 is 10.0 Å². The standard InChI is InChI=1S/C8H10BN5O4S/c15-9(16)3-4-19(17,18)6-1-2-7(10-5-6)8-11-13-14-12-8/h1-2,5,15-16H,3-4H2,(H,11,12,13,14). The molecule has 2 aromatic heterocycles. The van der Waals surface area contributed by atoms with Crippen LogP contribution in [0.5, 0.6) is 0 Å². The first-order valence-electron chi connectivity index (χ1n) is 5.28. The highest BCUT2D eigenvalue weighted by Gasteiger charge is 2.19. The summed E-state index contributed by atoms with van der Waals surface area (Å²) in [5, 5.41) is 30.4. The monoisotopic (exact) mass is 283 g/mol. The van der Waals surface area contributed by atoms with Gasteiger partial charge in [0.05, 0.1) is 10.6 Å². The van der Waals surface area contributed by atoms with E-state index in [0.29, 0.717) is 5.69 Å². The minimum atomic E-state index is -3.59. The van der Waals surface area contributed by atoms with Crippen molar-refractivity contribution < 1.29 is 18.5 Å². The molecule has 11 heteroatoms. The van der Waals surface area contributed by atoms with Gasteiger partial charge in [0.25, 0.3) is 0 Å². The zero-order valence-corrected chi connectivity index (χ0v) is 10.4. The second kappa shape index (κ2) is 5.42. The predicted molar refractivity (Wildman–Crippen MR) is 64.5 cm³/mol. The molecular formula is C8H10BN5O4S. The number of hydrogen-bond donors (Lipinski definition) is 3. The summed E-state index contributed by atoms with van der Waals surface area (Å²) in [4.78, 5) is 3.93. The molecule has 0 aliphatic carbocycles. The Morgan fingerprint density at radius 3 is 2.63 bits per heavy atom. The number of sulfone groups is 1. The Morgan fingerprint density at radius 1 is 1.32 bits per heavy atom. The molecule has 0 atom stereocenters. The largest absolute Gasteiger partial charge is 0.452 e. The molecule has 0 saturated carbocycles. The van der Waals surface area contributed by atoms with E-state index in [1.165, 1.54) is 18.3 Å². The van der Waals surface area contributed by atoms with Crippen molar-refractivity contribution in [3.63, 3.8) is 0 Å². The summed E-state index contributed by atoms with van der Waals surface area (Å²) in [6, 6.07) is 2.81. The van der Waals surface area contributed by atoms with Gasteiger partial charge in [0, 0.05) is 6.20 Å². The summed E-state index contributed by atoms with van der Waals surface area (Å²) in [6.45, 7) is 0. The smallest absolute Gasteiger partial charge is 0.427 e. The van der Waals surface area contributed by atoms with E-state index in [2.05, 4.69) is 25.6 Å². The third kappa shape index (κ3) is 3.33. The van der Waals surface area contributed by atoms with Crippen molar-refractivity contribution in [3.05, 3.63) is 18.3 Å². The van der Waals surface area contributed by atoms with Gasteiger partial charge >= 0.3 is 7.12 Å². The topological polar surface area (TPSA) is 142 Å². The molecular weight excluding hydrogens is 273 g/mol. The van der Waals surface area contributed by atoms with Crippen LogP contribution in [0.1, 0.15) is 0 Å². The Labute approximate surface area is 108 Å². The first kappa shape index (κ1) is 13.6. The molecule has 0 aliphatic rings. The van der Waals surface area contributed by atoms with E-state index in [1.54, 1.807) is 0 Å². The van der Waals surface area contributed by atoms with Crippen LogP contribution in [0.4, 0.5) is 0 Å². The second-order valence-electron chi connectivity index (χ2n) is 3.70. The van der Waals surface area contributed by atoms with Crippen molar-refractivity contribution in [2.24, 2.45) is 0 Å². The van der Waals surface area contributed by atoms with E-state index in [-0.39, 0.29) is 22.8 Å². The summed E-state index contributed by atoms with van der Waals surface area (Å²) in [5.41, 5.74) is 0.384. The maximum absolute atomic E-state index is 11.8. The summed E-state index contributed by atoms with van der Waals surface area (Å²) >= 11 is 0. The van der Waals surface area contributed by atoms with Crippen LogP contribution < -0.4 is 0 Å². The highest BCUT2D eigenvalue weighted by molar-refractivity contribution is 7.91. The molecule has 0 fully saturated rings. The lowest BCUT2D eigenvalue weighted by Gasteiger charge is -2.03. The molecule has 0 unspecified atom stereocenters. The summed E-state index contributed by atoms with van der Waals surface area (Å²) in [7, 11) is -5.24. The minimum absolute atomic E-state index is 0.000366. The van der Waals surface area contributed by atoms with Crippen LogP contribution in [-0.4, -0.2) is 56.9 Å². The van der Waals surface area contributed by atoms with Crippen molar-refractivity contribution in [2.45, 2.75) is 11.2 Å². The third-order valence-electron chi connectivity index (χ3n) is 2.31. The Kier molecular flexibility index (Phi) is 3.88. The Hall–Kier alpha value is -1.85. The number of aromatic nitrogens is 5. The van der Waals surface area contributed by atoms with Crippen LogP contribution in [-0.2, 0) is 9.84 Å². The zero-order chi connectivity index (χ0) is 13.9. The van der Waals surface area contributed by atoms with Gasteiger partial charge in [-0.05, 0) is 23.7 Å². The van der Waals surface area contributed by atoms with Gasteiger partial charge in [-0.2, -0.15) is 5.21 Å². The average molecular weight is 283 g/mol. The average Bonchev–Trinajstić information content (AvgIpc) is 2.91. The van der Waals surface area contributed by atoms with Crippen molar-refractivity contribution in [3.8, 4) is 11.5 Å². The summed E-state index contributed by atoms with van der Waals surface area (Å²) < 4.78 is 23.6. The Balaban J connectivity index is 2.18. The molecule has 9 nitrogen and oxygen atoms in total. The first-order valence-corrected chi connectivity index (χ1v) is 6.93. The van der Waals surface area contributed by atoms with Crippen molar-refractivity contribution in [1.82, 2.24) is 25.6 Å². The molecule has 0 aromatic carbocycles. The molecule has 0 saturated heterocycles. The van der Waals surface area contributed by atoms with E-state index in [1.807, 2.05) is 0 Å². The van der Waals surface area contributed by atoms with Crippen molar-refractivity contribution >= 4 is 17.0 Å². The van der Waals surface area contributed by atoms with Crippen LogP contribution in [0.2, 0.25) is 6.32 Å². The number of H-pyrrole nitrogens is 1. The maximum atomic E-state index is 11.8. The fourth-order valence-corrected chi connectivity index (χ4v) is 2.59. The fraction of sp³-hybridized carbons (Fsp3) is 0.250. The van der Waals surface area contributed by atoms with Gasteiger partial charge in [-0.15, -0.1) is 10.2 Å². The predicted octanol–water partition coefficient (Wildman–Crippen LogP) is -1.49. The first-order chi connectivity index (χ1) is 8.99. The van der Waals surface area contributed by atoms with E-state index in [4.69, 9.17) is 10.0 Å². The number of rotatable bonds is 5. The number of nitrogens with one attached hydrogen (secondary N) is 1. The molecule has 0 amide bonds. The van der Waals surface area contributed by atoms with Crippen molar-refractivity contribution in [1.29, 1.82) is 0 Å². The molecule has 0 radical (unpaired) electrons. The van der Waals surface area contributed by atoms with Gasteiger partial charge in [-0.3, -0.25) is 4.98 Å². The summed E-state index contributed by atoms with van der Waals surface area (Å²) in [5.74, 6) is -0.108. The molecule has 2 heterocycles. The van der Waals surface area contributed by atoms with E-state index in [9.17, 15) is 8.42 Å². The normalized spacial score (nSPS) is 11.5. The molecule has 19 heavy (non-hydrogen) atoms. The minimum Gasteiger partial charge on any atom is -0.427 e. The Morgan fingerprint density at radius 2 is 2.11 bits per heavy atom. The lowest BCUT2D eigenvalue weighted by molar-refractivity contribution is 0.408. The van der Waals surface area contributed by atoms with Gasteiger partial charge in [-0.1, -0.05) is 0 Å². The second-order valence-corrected chi connectivity index (χ2v) is 5.81. The number of tetrazole rings is 1. The Bertz CT molecular complexity index is 628. The molecule has 0 bridgehead atoms. The van der Waals surface area contributed by atoms with Gasteiger partial charge in [0.15, 0.2) is 9.84 Å². The van der Waals surface area contributed by atoms with Crippen molar-refractivity contribution in [2.75, 3.05) is 5.75 Å². The van der Waals surface area contributed by atoms with Crippen LogP contribution in [0, 0.1) is 0 Å².